The van der Waals surface area contributed by atoms with E-state index in [2.05, 4.69) is 15.9 Å². The maximum Gasteiger partial charge on any atom is 0.339 e. The van der Waals surface area contributed by atoms with E-state index in [1.54, 1.807) is 62.6 Å². The van der Waals surface area contributed by atoms with Crippen LogP contribution < -0.4 is 0 Å². The van der Waals surface area contributed by atoms with Crippen molar-refractivity contribution in [1.82, 2.24) is 4.90 Å². The lowest BCUT2D eigenvalue weighted by Crippen LogP contribution is -2.31. The van der Waals surface area contributed by atoms with Crippen LogP contribution in [-0.4, -0.2) is 30.9 Å². The summed E-state index contributed by atoms with van der Waals surface area (Å²) in [4.78, 5) is 26.0. The van der Waals surface area contributed by atoms with Crippen LogP contribution in [0.4, 0.5) is 0 Å². The standard InChI is InChI=1S/C17H16BrNO3/c1-19(2)16(20)15(12-6-4-3-5-7-12)22-17(21)13-8-10-14(18)11-9-13/h3-11,15H,1-2H3/t15-/m1/s1. The number of rotatable bonds is 4. The lowest BCUT2D eigenvalue weighted by atomic mass is 10.1. The highest BCUT2D eigenvalue weighted by Crippen LogP contribution is 2.21. The molecule has 0 unspecified atom stereocenters. The van der Waals surface area contributed by atoms with Crippen molar-refractivity contribution in [1.29, 1.82) is 0 Å². The number of halogens is 1. The minimum Gasteiger partial charge on any atom is -0.444 e. The van der Waals surface area contributed by atoms with Crippen LogP contribution in [0.1, 0.15) is 22.0 Å². The lowest BCUT2D eigenvalue weighted by molar-refractivity contribution is -0.138. The second-order valence-corrected chi connectivity index (χ2v) is 5.85. The van der Waals surface area contributed by atoms with Gasteiger partial charge in [-0.05, 0) is 24.3 Å². The van der Waals surface area contributed by atoms with Crippen LogP contribution in [0.15, 0.2) is 59.1 Å². The third kappa shape index (κ3) is 3.95. The van der Waals surface area contributed by atoms with E-state index in [4.69, 9.17) is 4.74 Å². The van der Waals surface area contributed by atoms with E-state index < -0.39 is 12.1 Å². The minimum absolute atomic E-state index is 0.281. The molecule has 0 aliphatic carbocycles. The number of esters is 1. The molecule has 0 N–H and O–H groups in total. The van der Waals surface area contributed by atoms with Gasteiger partial charge in [0, 0.05) is 24.1 Å². The van der Waals surface area contributed by atoms with Crippen molar-refractivity contribution in [2.24, 2.45) is 0 Å². The summed E-state index contributed by atoms with van der Waals surface area (Å²) in [6.45, 7) is 0. The van der Waals surface area contributed by atoms with E-state index in [9.17, 15) is 9.59 Å². The molecule has 0 radical (unpaired) electrons. The Kier molecular flexibility index (Phi) is 5.33. The second-order valence-electron chi connectivity index (χ2n) is 4.94. The number of benzene rings is 2. The fraction of sp³-hybridized carbons (Fsp3) is 0.176. The molecule has 0 aliphatic heterocycles. The van der Waals surface area contributed by atoms with Crippen molar-refractivity contribution in [2.45, 2.75) is 6.10 Å². The summed E-state index contributed by atoms with van der Waals surface area (Å²) in [5.74, 6) is -0.812. The second kappa shape index (κ2) is 7.22. The van der Waals surface area contributed by atoms with Gasteiger partial charge in [-0.25, -0.2) is 4.79 Å². The van der Waals surface area contributed by atoms with Crippen molar-refractivity contribution >= 4 is 27.8 Å². The van der Waals surface area contributed by atoms with Crippen LogP contribution >= 0.6 is 15.9 Å². The molecule has 0 saturated heterocycles. The molecule has 2 aromatic carbocycles. The molecule has 22 heavy (non-hydrogen) atoms. The number of nitrogens with zero attached hydrogens (tertiary/aromatic N) is 1. The molecular weight excluding hydrogens is 346 g/mol. The van der Waals surface area contributed by atoms with Crippen LogP contribution in [-0.2, 0) is 9.53 Å². The molecule has 0 aromatic heterocycles. The van der Waals surface area contributed by atoms with E-state index in [0.717, 1.165) is 4.47 Å². The maximum absolute atomic E-state index is 12.3. The van der Waals surface area contributed by atoms with Gasteiger partial charge in [0.2, 0.25) is 6.10 Å². The molecule has 1 atom stereocenters. The Balaban J connectivity index is 2.25. The van der Waals surface area contributed by atoms with Crippen LogP contribution in [0, 0.1) is 0 Å². The Bertz CT molecular complexity index is 653. The molecule has 5 heteroatoms. The van der Waals surface area contributed by atoms with Gasteiger partial charge in [0.1, 0.15) is 0 Å². The fourth-order valence-corrected chi connectivity index (χ4v) is 2.15. The van der Waals surface area contributed by atoms with Crippen LogP contribution in [0.2, 0.25) is 0 Å². The summed E-state index contributed by atoms with van der Waals surface area (Å²) in [7, 11) is 3.26. The SMILES string of the molecule is CN(C)C(=O)[C@H](OC(=O)c1ccc(Br)cc1)c1ccccc1. The van der Waals surface area contributed by atoms with Gasteiger partial charge in [-0.15, -0.1) is 0 Å². The summed E-state index contributed by atoms with van der Waals surface area (Å²) in [5, 5.41) is 0. The highest BCUT2D eigenvalue weighted by molar-refractivity contribution is 9.10. The van der Waals surface area contributed by atoms with Crippen LogP contribution in [0.25, 0.3) is 0 Å². The molecule has 0 spiro atoms. The summed E-state index contributed by atoms with van der Waals surface area (Å²) in [6, 6.07) is 15.8. The molecule has 0 fully saturated rings. The molecule has 1 amide bonds. The predicted octanol–water partition coefficient (Wildman–Crippen LogP) is 3.44. The largest absolute Gasteiger partial charge is 0.444 e. The van der Waals surface area contributed by atoms with E-state index in [1.807, 2.05) is 6.07 Å². The highest BCUT2D eigenvalue weighted by Gasteiger charge is 2.26. The average Bonchev–Trinajstić information content (AvgIpc) is 2.53. The van der Waals surface area contributed by atoms with Gasteiger partial charge < -0.3 is 9.64 Å². The Morgan fingerprint density at radius 1 is 1.00 bits per heavy atom. The summed E-state index contributed by atoms with van der Waals surface area (Å²) in [6.07, 6.45) is -0.952. The van der Waals surface area contributed by atoms with Gasteiger partial charge in [-0.2, -0.15) is 0 Å². The Hall–Kier alpha value is -2.14. The van der Waals surface area contributed by atoms with Gasteiger partial charge >= 0.3 is 5.97 Å². The van der Waals surface area contributed by atoms with E-state index >= 15 is 0 Å². The summed E-state index contributed by atoms with van der Waals surface area (Å²) < 4.78 is 6.31. The number of carbonyl (C=O) groups is 2. The van der Waals surface area contributed by atoms with Gasteiger partial charge in [0.25, 0.3) is 5.91 Å². The topological polar surface area (TPSA) is 46.6 Å². The average molecular weight is 362 g/mol. The molecule has 0 heterocycles. The van der Waals surface area contributed by atoms with Crippen molar-refractivity contribution in [2.75, 3.05) is 14.1 Å². The highest BCUT2D eigenvalue weighted by atomic mass is 79.9. The summed E-state index contributed by atoms with van der Waals surface area (Å²) in [5.41, 5.74) is 1.04. The quantitative estimate of drug-likeness (QED) is 0.783. The first-order valence-electron chi connectivity index (χ1n) is 6.71. The summed E-state index contributed by atoms with van der Waals surface area (Å²) >= 11 is 3.31. The van der Waals surface area contributed by atoms with Crippen LogP contribution in [0.5, 0.6) is 0 Å². The van der Waals surface area contributed by atoms with E-state index in [-0.39, 0.29) is 5.91 Å². The monoisotopic (exact) mass is 361 g/mol. The number of amides is 1. The molecule has 2 aromatic rings. The number of hydrogen-bond acceptors (Lipinski definition) is 3. The first-order chi connectivity index (χ1) is 10.5. The van der Waals surface area contributed by atoms with E-state index in [0.29, 0.717) is 11.1 Å². The van der Waals surface area contributed by atoms with Crippen molar-refractivity contribution in [3.63, 3.8) is 0 Å². The number of carbonyl (C=O) groups excluding carboxylic acids is 2. The predicted molar refractivity (Wildman–Crippen MR) is 87.4 cm³/mol. The Morgan fingerprint density at radius 3 is 2.14 bits per heavy atom. The number of hydrogen-bond donors (Lipinski definition) is 0. The van der Waals surface area contributed by atoms with Crippen molar-refractivity contribution < 1.29 is 14.3 Å². The number of likely N-dealkylation sites (N-methyl/N-ethyl adjacent to an activating group) is 1. The van der Waals surface area contributed by atoms with Crippen molar-refractivity contribution in [3.8, 4) is 0 Å². The molecule has 114 valence electrons. The fourth-order valence-electron chi connectivity index (χ4n) is 1.88. The van der Waals surface area contributed by atoms with E-state index in [1.165, 1.54) is 4.90 Å². The Morgan fingerprint density at radius 2 is 1.59 bits per heavy atom. The molecule has 4 nitrogen and oxygen atoms in total. The first kappa shape index (κ1) is 16.2. The number of ether oxygens (including phenoxy) is 1. The Labute approximate surface area is 137 Å². The van der Waals surface area contributed by atoms with Gasteiger partial charge in [-0.3, -0.25) is 4.79 Å². The molecule has 0 saturated carbocycles. The van der Waals surface area contributed by atoms with Gasteiger partial charge in [0.15, 0.2) is 0 Å². The zero-order valence-corrected chi connectivity index (χ0v) is 13.9. The normalized spacial score (nSPS) is 11.6. The molecular formula is C17H16BrNO3. The molecule has 0 bridgehead atoms. The van der Waals surface area contributed by atoms with Crippen molar-refractivity contribution in [3.05, 3.63) is 70.2 Å². The van der Waals surface area contributed by atoms with Crippen LogP contribution in [0.3, 0.4) is 0 Å². The zero-order chi connectivity index (χ0) is 16.1. The molecule has 0 aliphatic rings. The first-order valence-corrected chi connectivity index (χ1v) is 7.51. The van der Waals surface area contributed by atoms with Gasteiger partial charge in [-0.1, -0.05) is 46.3 Å². The molecule has 2 rings (SSSR count). The third-order valence-electron chi connectivity index (χ3n) is 3.07. The lowest BCUT2D eigenvalue weighted by Gasteiger charge is -2.21. The third-order valence-corrected chi connectivity index (χ3v) is 3.60. The smallest absolute Gasteiger partial charge is 0.339 e. The maximum atomic E-state index is 12.3. The van der Waals surface area contributed by atoms with Gasteiger partial charge in [0.05, 0.1) is 5.56 Å². The minimum atomic E-state index is -0.952. The zero-order valence-electron chi connectivity index (χ0n) is 12.3.